The summed E-state index contributed by atoms with van der Waals surface area (Å²) in [5, 5.41) is 12.9. The molecule has 1 saturated heterocycles. The van der Waals surface area contributed by atoms with Crippen LogP contribution in [0.25, 0.3) is 5.69 Å². The van der Waals surface area contributed by atoms with Crippen molar-refractivity contribution >= 4 is 11.8 Å². The first kappa shape index (κ1) is 14.5. The fraction of sp³-hybridized carbons (Fsp3) is 0.533. The number of nitrogens with zero attached hydrogens (tertiary/aromatic N) is 4. The van der Waals surface area contributed by atoms with Gasteiger partial charge in [-0.05, 0) is 55.2 Å². The first-order chi connectivity index (χ1) is 10.2. The monoisotopic (exact) mass is 304 g/mol. The summed E-state index contributed by atoms with van der Waals surface area (Å²) in [6.45, 7) is 5.06. The lowest BCUT2D eigenvalue weighted by Gasteiger charge is -2.21. The molecule has 0 saturated carbocycles. The summed E-state index contributed by atoms with van der Waals surface area (Å²) < 4.78 is 7.58. The lowest BCUT2D eigenvalue weighted by Crippen LogP contribution is -2.21. The summed E-state index contributed by atoms with van der Waals surface area (Å²) in [5.41, 5.74) is 3.46. The maximum absolute atomic E-state index is 5.76. The zero-order valence-corrected chi connectivity index (χ0v) is 13.3. The van der Waals surface area contributed by atoms with Crippen molar-refractivity contribution in [3.8, 4) is 5.69 Å². The van der Waals surface area contributed by atoms with Crippen LogP contribution in [0.1, 0.15) is 30.4 Å². The molecule has 0 amide bonds. The van der Waals surface area contributed by atoms with E-state index in [1.54, 1.807) is 11.8 Å². The second kappa shape index (κ2) is 6.58. The zero-order valence-electron chi connectivity index (χ0n) is 12.5. The van der Waals surface area contributed by atoms with Gasteiger partial charge in [-0.3, -0.25) is 0 Å². The van der Waals surface area contributed by atoms with Crippen molar-refractivity contribution in [1.82, 2.24) is 20.2 Å². The van der Waals surface area contributed by atoms with Crippen molar-refractivity contribution < 1.29 is 4.74 Å². The van der Waals surface area contributed by atoms with Crippen LogP contribution in [0.4, 0.5) is 0 Å². The number of thioether (sulfide) groups is 1. The maximum atomic E-state index is 5.76. The lowest BCUT2D eigenvalue weighted by atomic mass is 10.1. The minimum Gasteiger partial charge on any atom is -0.377 e. The van der Waals surface area contributed by atoms with E-state index in [-0.39, 0.29) is 0 Å². The summed E-state index contributed by atoms with van der Waals surface area (Å²) >= 11 is 1.67. The van der Waals surface area contributed by atoms with Gasteiger partial charge in [0.1, 0.15) is 0 Å². The molecule has 21 heavy (non-hydrogen) atoms. The number of tetrazole rings is 1. The third-order valence-electron chi connectivity index (χ3n) is 3.69. The standard InChI is InChI=1S/C15H20N4OS/c1-11-6-7-14(12(2)9-11)19-15(16-17-18-19)21-10-13-5-3-4-8-20-13/h6-7,9,13H,3-5,8,10H2,1-2H3/t13-/m1/s1. The highest BCUT2D eigenvalue weighted by molar-refractivity contribution is 7.99. The van der Waals surface area contributed by atoms with E-state index in [0.29, 0.717) is 6.10 Å². The molecule has 0 unspecified atom stereocenters. The fourth-order valence-electron chi connectivity index (χ4n) is 2.57. The molecule has 1 aliphatic heterocycles. The number of benzene rings is 1. The second-order valence-electron chi connectivity index (χ2n) is 5.46. The van der Waals surface area contributed by atoms with E-state index in [1.807, 2.05) is 4.68 Å². The minimum absolute atomic E-state index is 0.327. The molecule has 1 aliphatic rings. The molecule has 0 bridgehead atoms. The van der Waals surface area contributed by atoms with Gasteiger partial charge in [-0.1, -0.05) is 29.5 Å². The number of hydrogen-bond donors (Lipinski definition) is 0. The summed E-state index contributed by atoms with van der Waals surface area (Å²) in [4.78, 5) is 0. The molecule has 2 heterocycles. The number of rotatable bonds is 4. The summed E-state index contributed by atoms with van der Waals surface area (Å²) in [7, 11) is 0. The summed E-state index contributed by atoms with van der Waals surface area (Å²) in [6.07, 6.45) is 3.90. The van der Waals surface area contributed by atoms with Gasteiger partial charge in [-0.25, -0.2) is 0 Å². The van der Waals surface area contributed by atoms with Gasteiger partial charge in [0, 0.05) is 12.4 Å². The topological polar surface area (TPSA) is 52.8 Å². The van der Waals surface area contributed by atoms with E-state index in [0.717, 1.165) is 29.6 Å². The number of hydrogen-bond acceptors (Lipinski definition) is 5. The average Bonchev–Trinajstić information content (AvgIpc) is 2.94. The van der Waals surface area contributed by atoms with E-state index >= 15 is 0 Å². The first-order valence-electron chi connectivity index (χ1n) is 7.34. The van der Waals surface area contributed by atoms with Gasteiger partial charge in [0.15, 0.2) is 0 Å². The third-order valence-corrected chi connectivity index (χ3v) is 4.74. The van der Waals surface area contributed by atoms with Crippen molar-refractivity contribution in [3.63, 3.8) is 0 Å². The molecular weight excluding hydrogens is 284 g/mol. The Morgan fingerprint density at radius 3 is 3.00 bits per heavy atom. The predicted octanol–water partition coefficient (Wildman–Crippen LogP) is 2.94. The first-order valence-corrected chi connectivity index (χ1v) is 8.33. The summed E-state index contributed by atoms with van der Waals surface area (Å²) in [5.74, 6) is 0.908. The van der Waals surface area contributed by atoms with Gasteiger partial charge >= 0.3 is 0 Å². The Hall–Kier alpha value is -1.40. The van der Waals surface area contributed by atoms with Gasteiger partial charge in [0.25, 0.3) is 0 Å². The van der Waals surface area contributed by atoms with Crippen LogP contribution in [0.15, 0.2) is 23.4 Å². The van der Waals surface area contributed by atoms with E-state index in [9.17, 15) is 0 Å². The second-order valence-corrected chi connectivity index (χ2v) is 6.45. The van der Waals surface area contributed by atoms with Gasteiger partial charge < -0.3 is 4.74 Å². The van der Waals surface area contributed by atoms with E-state index < -0.39 is 0 Å². The predicted molar refractivity (Wildman–Crippen MR) is 82.9 cm³/mol. The van der Waals surface area contributed by atoms with E-state index in [4.69, 9.17) is 4.74 Å². The van der Waals surface area contributed by atoms with Crippen LogP contribution in [0.5, 0.6) is 0 Å². The van der Waals surface area contributed by atoms with E-state index in [1.165, 1.54) is 24.0 Å². The molecule has 3 rings (SSSR count). The molecule has 5 nitrogen and oxygen atoms in total. The average molecular weight is 304 g/mol. The number of aryl methyl sites for hydroxylation is 2. The van der Waals surface area contributed by atoms with Crippen LogP contribution >= 0.6 is 11.8 Å². The van der Waals surface area contributed by atoms with Crippen LogP contribution in [0.2, 0.25) is 0 Å². The highest BCUT2D eigenvalue weighted by Crippen LogP contribution is 2.24. The molecule has 1 fully saturated rings. The van der Waals surface area contributed by atoms with Crippen LogP contribution < -0.4 is 0 Å². The smallest absolute Gasteiger partial charge is 0.214 e. The molecule has 0 aliphatic carbocycles. The maximum Gasteiger partial charge on any atom is 0.214 e. The van der Waals surface area contributed by atoms with Crippen molar-refractivity contribution in [2.24, 2.45) is 0 Å². The minimum atomic E-state index is 0.327. The molecule has 1 aromatic heterocycles. The molecule has 0 radical (unpaired) electrons. The molecule has 0 N–H and O–H groups in total. The van der Waals surface area contributed by atoms with Crippen LogP contribution in [-0.4, -0.2) is 38.7 Å². The van der Waals surface area contributed by atoms with Gasteiger partial charge in [0.2, 0.25) is 5.16 Å². The van der Waals surface area contributed by atoms with Crippen LogP contribution in [0.3, 0.4) is 0 Å². The SMILES string of the molecule is Cc1ccc(-n2nnnc2SC[C@H]2CCCCO2)c(C)c1. The Bertz CT molecular complexity index is 607. The Kier molecular flexibility index (Phi) is 4.55. The molecule has 1 aromatic carbocycles. The Balaban J connectivity index is 1.74. The fourth-order valence-corrected chi connectivity index (χ4v) is 3.52. The Morgan fingerprint density at radius 1 is 1.33 bits per heavy atom. The van der Waals surface area contributed by atoms with Gasteiger partial charge in [-0.2, -0.15) is 4.68 Å². The molecule has 6 heteroatoms. The molecule has 0 spiro atoms. The Morgan fingerprint density at radius 2 is 2.24 bits per heavy atom. The normalized spacial score (nSPS) is 18.9. The Labute approximate surface area is 129 Å². The number of aromatic nitrogens is 4. The van der Waals surface area contributed by atoms with Crippen molar-refractivity contribution in [2.75, 3.05) is 12.4 Å². The molecular formula is C15H20N4OS. The van der Waals surface area contributed by atoms with Crippen molar-refractivity contribution in [3.05, 3.63) is 29.3 Å². The lowest BCUT2D eigenvalue weighted by molar-refractivity contribution is 0.0315. The zero-order chi connectivity index (χ0) is 14.7. The largest absolute Gasteiger partial charge is 0.377 e. The van der Waals surface area contributed by atoms with Gasteiger partial charge in [0.05, 0.1) is 11.8 Å². The third kappa shape index (κ3) is 3.44. The van der Waals surface area contributed by atoms with Crippen LogP contribution in [-0.2, 0) is 4.74 Å². The molecule has 2 aromatic rings. The summed E-state index contributed by atoms with van der Waals surface area (Å²) in [6, 6.07) is 6.31. The molecule has 1 atom stereocenters. The quantitative estimate of drug-likeness (QED) is 0.813. The van der Waals surface area contributed by atoms with Crippen molar-refractivity contribution in [2.45, 2.75) is 44.4 Å². The highest BCUT2D eigenvalue weighted by Gasteiger charge is 2.17. The van der Waals surface area contributed by atoms with Crippen molar-refractivity contribution in [1.29, 1.82) is 0 Å². The number of ether oxygens (including phenoxy) is 1. The highest BCUT2D eigenvalue weighted by atomic mass is 32.2. The molecule has 112 valence electrons. The van der Waals surface area contributed by atoms with E-state index in [2.05, 4.69) is 47.6 Å². The van der Waals surface area contributed by atoms with Crippen LogP contribution in [0, 0.1) is 13.8 Å². The van der Waals surface area contributed by atoms with Gasteiger partial charge in [-0.15, -0.1) is 5.10 Å².